The Morgan fingerprint density at radius 1 is 1.03 bits per heavy atom. The third-order valence-corrected chi connectivity index (χ3v) is 6.81. The average Bonchev–Trinajstić information content (AvgIpc) is 2.88. The fourth-order valence-corrected chi connectivity index (χ4v) is 4.95. The fourth-order valence-electron chi connectivity index (χ4n) is 4.72. The van der Waals surface area contributed by atoms with Crippen LogP contribution >= 0.6 is 11.6 Å². The van der Waals surface area contributed by atoms with Gasteiger partial charge < -0.3 is 24.4 Å². The number of fused-ring (bicyclic) bond motifs is 1. The number of nitrogens with zero attached hydrogens (tertiary/aromatic N) is 1. The Morgan fingerprint density at radius 3 is 2.47 bits per heavy atom. The second-order valence-corrected chi connectivity index (χ2v) is 9.27. The van der Waals surface area contributed by atoms with Gasteiger partial charge in [-0.1, -0.05) is 29.8 Å². The predicted octanol–water partition coefficient (Wildman–Crippen LogP) is 5.96. The average molecular weight is 509 g/mol. The van der Waals surface area contributed by atoms with E-state index >= 15 is 0 Å². The molecule has 0 radical (unpaired) electrons. The number of carbonyl (C=O) groups excluding carboxylic acids is 1. The van der Waals surface area contributed by atoms with Gasteiger partial charge in [0.2, 0.25) is 0 Å². The van der Waals surface area contributed by atoms with Crippen molar-refractivity contribution in [3.8, 4) is 17.2 Å². The number of urea groups is 1. The topological polar surface area (TPSA) is 60.0 Å². The largest absolute Gasteiger partial charge is 0.497 e. The van der Waals surface area contributed by atoms with Crippen LogP contribution in [0.2, 0.25) is 5.02 Å². The van der Waals surface area contributed by atoms with Gasteiger partial charge in [0.05, 0.1) is 26.9 Å². The minimum atomic E-state index is -0.257. The summed E-state index contributed by atoms with van der Waals surface area (Å²) in [6.45, 7) is 5.62. The molecule has 0 aromatic heterocycles. The molecule has 1 aliphatic heterocycles. The molecule has 0 saturated heterocycles. The molecule has 0 fully saturated rings. The molecule has 190 valence electrons. The molecule has 1 atom stereocenters. The maximum Gasteiger partial charge on any atom is 0.318 e. The van der Waals surface area contributed by atoms with E-state index in [-0.39, 0.29) is 12.1 Å². The monoisotopic (exact) mass is 508 g/mol. The Kier molecular flexibility index (Phi) is 8.26. The van der Waals surface area contributed by atoms with E-state index in [4.69, 9.17) is 25.8 Å². The molecule has 1 unspecified atom stereocenters. The summed E-state index contributed by atoms with van der Waals surface area (Å²) in [6, 6.07) is 17.5. The number of hydrogen-bond acceptors (Lipinski definition) is 4. The first-order valence-corrected chi connectivity index (χ1v) is 12.6. The van der Waals surface area contributed by atoms with Crippen molar-refractivity contribution in [3.63, 3.8) is 0 Å². The Balaban J connectivity index is 1.67. The molecule has 1 N–H and O–H groups in total. The summed E-state index contributed by atoms with van der Waals surface area (Å²) in [7, 11) is 3.31. The van der Waals surface area contributed by atoms with Gasteiger partial charge in [-0.25, -0.2) is 4.79 Å². The Bertz CT molecular complexity index is 1210. The number of nitrogens with one attached hydrogen (secondary N) is 1. The van der Waals surface area contributed by atoms with Gasteiger partial charge in [0, 0.05) is 24.5 Å². The van der Waals surface area contributed by atoms with Crippen molar-refractivity contribution in [2.75, 3.05) is 33.9 Å². The van der Waals surface area contributed by atoms with E-state index in [1.807, 2.05) is 73.3 Å². The maximum atomic E-state index is 13.1. The normalized spacial score (nSPS) is 14.7. The molecule has 0 spiro atoms. The number of methoxy groups -OCH3 is 2. The van der Waals surface area contributed by atoms with Gasteiger partial charge >= 0.3 is 6.03 Å². The van der Waals surface area contributed by atoms with Gasteiger partial charge in [-0.15, -0.1) is 0 Å². The van der Waals surface area contributed by atoms with Crippen LogP contribution in [0.15, 0.2) is 54.6 Å². The predicted molar refractivity (Wildman–Crippen MR) is 143 cm³/mol. The van der Waals surface area contributed by atoms with Crippen molar-refractivity contribution in [1.82, 2.24) is 10.2 Å². The van der Waals surface area contributed by atoms with Crippen LogP contribution in [0.3, 0.4) is 0 Å². The van der Waals surface area contributed by atoms with Crippen LogP contribution in [-0.4, -0.2) is 44.8 Å². The third kappa shape index (κ3) is 5.54. The summed E-state index contributed by atoms with van der Waals surface area (Å²) < 4.78 is 17.2. The maximum absolute atomic E-state index is 13.1. The van der Waals surface area contributed by atoms with Crippen molar-refractivity contribution in [2.45, 2.75) is 32.7 Å². The number of aryl methyl sites for hydroxylation is 1. The first-order valence-electron chi connectivity index (χ1n) is 12.2. The summed E-state index contributed by atoms with van der Waals surface area (Å²) in [5.74, 6) is 2.19. The van der Waals surface area contributed by atoms with E-state index in [0.29, 0.717) is 36.2 Å². The number of rotatable bonds is 8. The van der Waals surface area contributed by atoms with Crippen molar-refractivity contribution in [1.29, 1.82) is 0 Å². The third-order valence-electron chi connectivity index (χ3n) is 6.58. The molecule has 3 aromatic rings. The van der Waals surface area contributed by atoms with Crippen LogP contribution in [-0.2, 0) is 12.8 Å². The first-order chi connectivity index (χ1) is 17.4. The quantitative estimate of drug-likeness (QED) is 0.407. The molecular weight excluding hydrogens is 476 g/mol. The number of hydrogen-bond donors (Lipinski definition) is 1. The van der Waals surface area contributed by atoms with Gasteiger partial charge in [0.25, 0.3) is 0 Å². The lowest BCUT2D eigenvalue weighted by Crippen LogP contribution is -2.46. The first kappa shape index (κ1) is 25.7. The van der Waals surface area contributed by atoms with Crippen LogP contribution in [0.1, 0.15) is 40.8 Å². The molecule has 1 aliphatic rings. The molecule has 1 heterocycles. The van der Waals surface area contributed by atoms with Crippen LogP contribution in [0.4, 0.5) is 4.79 Å². The van der Waals surface area contributed by atoms with E-state index in [1.165, 1.54) is 0 Å². The Hall–Kier alpha value is -3.38. The van der Waals surface area contributed by atoms with Crippen molar-refractivity contribution >= 4 is 17.6 Å². The molecule has 2 amide bonds. The van der Waals surface area contributed by atoms with Gasteiger partial charge in [0.15, 0.2) is 11.5 Å². The fraction of sp³-hybridized carbons (Fsp3) is 0.345. The molecule has 0 saturated carbocycles. The van der Waals surface area contributed by atoms with E-state index < -0.39 is 0 Å². The zero-order chi connectivity index (χ0) is 25.7. The summed E-state index contributed by atoms with van der Waals surface area (Å²) >= 11 is 6.26. The van der Waals surface area contributed by atoms with Crippen LogP contribution in [0.25, 0.3) is 0 Å². The van der Waals surface area contributed by atoms with Crippen molar-refractivity contribution in [3.05, 3.63) is 87.4 Å². The van der Waals surface area contributed by atoms with Crippen LogP contribution in [0.5, 0.6) is 17.2 Å². The van der Waals surface area contributed by atoms with Crippen LogP contribution < -0.4 is 19.5 Å². The molecule has 0 aliphatic carbocycles. The lowest BCUT2D eigenvalue weighted by atomic mass is 9.86. The van der Waals surface area contributed by atoms with Crippen molar-refractivity contribution < 1.29 is 19.0 Å². The highest BCUT2D eigenvalue weighted by atomic mass is 35.5. The van der Waals surface area contributed by atoms with E-state index in [1.54, 1.807) is 14.2 Å². The minimum absolute atomic E-state index is 0.0831. The molecule has 4 rings (SSSR count). The van der Waals surface area contributed by atoms with Crippen LogP contribution in [0, 0.1) is 6.92 Å². The Morgan fingerprint density at radius 2 is 1.81 bits per heavy atom. The molecule has 6 nitrogen and oxygen atoms in total. The highest BCUT2D eigenvalue weighted by molar-refractivity contribution is 6.30. The highest BCUT2D eigenvalue weighted by Gasteiger charge is 2.34. The van der Waals surface area contributed by atoms with Gasteiger partial charge in [-0.2, -0.15) is 0 Å². The molecule has 36 heavy (non-hydrogen) atoms. The number of benzene rings is 3. The lowest BCUT2D eigenvalue weighted by molar-refractivity contribution is 0.180. The zero-order valence-corrected chi connectivity index (χ0v) is 22.0. The minimum Gasteiger partial charge on any atom is -0.497 e. The van der Waals surface area contributed by atoms with Gasteiger partial charge in [0.1, 0.15) is 5.75 Å². The lowest BCUT2D eigenvalue weighted by Gasteiger charge is -2.38. The van der Waals surface area contributed by atoms with Gasteiger partial charge in [-0.05, 0) is 84.5 Å². The number of amides is 2. The van der Waals surface area contributed by atoms with E-state index in [2.05, 4.69) is 5.32 Å². The molecule has 3 aromatic carbocycles. The molecule has 0 bridgehead atoms. The number of carbonyl (C=O) groups is 1. The number of halogens is 1. The highest BCUT2D eigenvalue weighted by Crippen LogP contribution is 2.42. The van der Waals surface area contributed by atoms with E-state index in [9.17, 15) is 4.79 Å². The summed E-state index contributed by atoms with van der Waals surface area (Å²) in [4.78, 5) is 15.0. The summed E-state index contributed by atoms with van der Waals surface area (Å²) in [5, 5.41) is 3.65. The molecule has 7 heteroatoms. The van der Waals surface area contributed by atoms with E-state index in [0.717, 1.165) is 46.4 Å². The SMILES string of the molecule is CCNC(=O)N1CCc2cc(OC)c(OCCc3ccc(OC)cc3)cc2C1c1ccc(Cl)cc1C. The second-order valence-electron chi connectivity index (χ2n) is 8.83. The standard InChI is InChI=1S/C29H33ClN2O4/c1-5-31-29(33)32-14-12-21-17-26(35-4)27(36-15-13-20-6-9-23(34-3)10-7-20)18-25(21)28(32)24-11-8-22(30)16-19(24)2/h6-11,16-18,28H,5,12-15H2,1-4H3,(H,31,33). The summed E-state index contributed by atoms with van der Waals surface area (Å²) in [5.41, 5.74) is 5.42. The summed E-state index contributed by atoms with van der Waals surface area (Å²) in [6.07, 6.45) is 1.48. The van der Waals surface area contributed by atoms with Gasteiger partial charge in [-0.3, -0.25) is 0 Å². The Labute approximate surface area is 218 Å². The zero-order valence-electron chi connectivity index (χ0n) is 21.3. The van der Waals surface area contributed by atoms with Crippen molar-refractivity contribution in [2.24, 2.45) is 0 Å². The molecular formula is C29H33ClN2O4. The second kappa shape index (κ2) is 11.6. The number of ether oxygens (including phenoxy) is 3. The smallest absolute Gasteiger partial charge is 0.318 e.